The van der Waals surface area contributed by atoms with Crippen molar-refractivity contribution in [1.82, 2.24) is 25.3 Å². The van der Waals surface area contributed by atoms with Crippen LogP contribution >= 0.6 is 22.7 Å². The number of rotatable bonds is 5. The number of nitrogens with zero attached hydrogens (tertiary/aromatic N) is 6. The van der Waals surface area contributed by atoms with Crippen LogP contribution in [-0.2, 0) is 6.54 Å². The van der Waals surface area contributed by atoms with Crippen LogP contribution in [0, 0.1) is 0 Å². The largest absolute Gasteiger partial charge is 0.438 e. The van der Waals surface area contributed by atoms with Crippen molar-refractivity contribution in [2.75, 3.05) is 12.3 Å². The number of furan rings is 1. The Morgan fingerprint density at radius 2 is 1.98 bits per heavy atom. The van der Waals surface area contributed by atoms with Gasteiger partial charge in [-0.25, -0.2) is 15.0 Å². The van der Waals surface area contributed by atoms with E-state index in [1.54, 1.807) is 35.2 Å². The number of aromatic nitrogens is 4. The molecule has 0 unspecified atom stereocenters. The molecule has 9 nitrogen and oxygen atoms in total. The third kappa shape index (κ3) is 3.73. The Morgan fingerprint density at radius 3 is 2.90 bits per heavy atom. The van der Waals surface area contributed by atoms with Crippen LogP contribution in [0.15, 0.2) is 63.6 Å². The van der Waals surface area contributed by atoms with Crippen molar-refractivity contribution < 1.29 is 4.42 Å². The Bertz CT molecular complexity index is 2210. The van der Waals surface area contributed by atoms with E-state index in [4.69, 9.17) is 20.1 Å². The molecule has 0 aromatic carbocycles. The first kappa shape index (κ1) is 24.1. The van der Waals surface area contributed by atoms with Gasteiger partial charge in [-0.2, -0.15) is 0 Å². The van der Waals surface area contributed by atoms with Gasteiger partial charge in [0, 0.05) is 82.5 Å². The van der Waals surface area contributed by atoms with Crippen molar-refractivity contribution >= 4 is 88.3 Å². The van der Waals surface area contributed by atoms with Crippen molar-refractivity contribution in [3.63, 3.8) is 0 Å². The summed E-state index contributed by atoms with van der Waals surface area (Å²) >= 11 is 3.21. The summed E-state index contributed by atoms with van der Waals surface area (Å²) in [6.07, 6.45) is 13.7. The maximum absolute atomic E-state index is 6.53. The molecule has 7 aromatic rings. The van der Waals surface area contributed by atoms with E-state index in [0.717, 1.165) is 81.9 Å². The lowest BCUT2D eigenvalue weighted by molar-refractivity contribution is 0.654. The van der Waals surface area contributed by atoms with Crippen LogP contribution in [0.4, 0.5) is 10.7 Å². The maximum Gasteiger partial charge on any atom is 0.227 e. The lowest BCUT2D eigenvalue weighted by atomic mass is 10.00. The number of anilines is 1. The molecule has 1 aliphatic rings. The first-order chi connectivity index (χ1) is 20.2. The van der Waals surface area contributed by atoms with Gasteiger partial charge < -0.3 is 15.5 Å². The fourth-order valence-electron chi connectivity index (χ4n) is 5.38. The molecule has 0 saturated carbocycles. The number of nitrogen functional groups attached to an aromatic ring is 1. The summed E-state index contributed by atoms with van der Waals surface area (Å²) in [5.74, 6) is 0. The molecule has 41 heavy (non-hydrogen) atoms. The zero-order chi connectivity index (χ0) is 27.5. The fourth-order valence-corrected chi connectivity index (χ4v) is 7.51. The highest BCUT2D eigenvalue weighted by molar-refractivity contribution is 7.22. The second-order valence-electron chi connectivity index (χ2n) is 9.75. The molecular weight excluding hydrogens is 553 g/mol. The normalized spacial score (nSPS) is 13.2. The molecule has 0 aliphatic carbocycles. The average molecular weight is 575 g/mol. The van der Waals surface area contributed by atoms with Crippen LogP contribution in [0.2, 0.25) is 0 Å². The smallest absolute Gasteiger partial charge is 0.227 e. The Kier molecular flexibility index (Phi) is 5.54. The molecule has 8 rings (SSSR count). The summed E-state index contributed by atoms with van der Waals surface area (Å²) in [5.41, 5.74) is 13.4. The standard InChI is InChI=1S/C30H22N8OS2/c1-2-5-32-13-22-25(31)19-11-33-12-20(27(19)40-22)26-24-17-8-15(9-37-28(17)39-21(24)4-7-35-26)16-3-6-36-30-23(16)18-10-34-14-38-29(18)41-30/h3-4,6-9,11-14H,2,5,10,31H2,1H3,(H,34,38). The van der Waals surface area contributed by atoms with E-state index in [1.807, 2.05) is 43.1 Å². The predicted molar refractivity (Wildman–Crippen MR) is 169 cm³/mol. The highest BCUT2D eigenvalue weighted by Crippen LogP contribution is 2.45. The van der Waals surface area contributed by atoms with Crippen molar-refractivity contribution in [3.05, 3.63) is 59.6 Å². The number of thiophene rings is 2. The van der Waals surface area contributed by atoms with Gasteiger partial charge in [0.15, 0.2) is 0 Å². The summed E-state index contributed by atoms with van der Waals surface area (Å²) in [7, 11) is 0. The average Bonchev–Trinajstić information content (AvgIpc) is 3.68. The molecular formula is C30H22N8OS2. The van der Waals surface area contributed by atoms with Gasteiger partial charge in [-0.05, 0) is 30.2 Å². The van der Waals surface area contributed by atoms with Crippen molar-refractivity contribution in [1.29, 1.82) is 0 Å². The number of aliphatic imine (C=N–C) groups is 2. The van der Waals surface area contributed by atoms with Crippen molar-refractivity contribution in [3.8, 4) is 22.4 Å². The number of hydrogen-bond acceptors (Lipinski definition) is 11. The molecule has 0 atom stereocenters. The van der Waals surface area contributed by atoms with Gasteiger partial charge in [-0.1, -0.05) is 18.3 Å². The van der Waals surface area contributed by atoms with Gasteiger partial charge in [0.2, 0.25) is 5.71 Å². The van der Waals surface area contributed by atoms with Crippen LogP contribution in [0.3, 0.4) is 0 Å². The van der Waals surface area contributed by atoms with Crippen molar-refractivity contribution in [2.45, 2.75) is 19.9 Å². The quantitative estimate of drug-likeness (QED) is 0.210. The number of nitrogens with two attached hydrogens (primary N) is 1. The lowest BCUT2D eigenvalue weighted by Crippen LogP contribution is -2.13. The SMILES string of the molecule is CCCN=Cc1sc2c(-c3nccc4oc5ncc(-c6ccnc7sc8c(c67)CNC=N8)cc5c34)cncc2c1N. The van der Waals surface area contributed by atoms with E-state index in [9.17, 15) is 0 Å². The van der Waals surface area contributed by atoms with Crippen LogP contribution < -0.4 is 11.1 Å². The number of nitrogens with one attached hydrogen (secondary N) is 1. The summed E-state index contributed by atoms with van der Waals surface area (Å²) in [6, 6.07) is 6.05. The van der Waals surface area contributed by atoms with Gasteiger partial charge in [-0.3, -0.25) is 15.0 Å². The number of fused-ring (bicyclic) bond motifs is 7. The predicted octanol–water partition coefficient (Wildman–Crippen LogP) is 7.10. The molecule has 1 aliphatic heterocycles. The monoisotopic (exact) mass is 574 g/mol. The molecule has 8 heterocycles. The van der Waals surface area contributed by atoms with E-state index in [2.05, 4.69) is 38.3 Å². The summed E-state index contributed by atoms with van der Waals surface area (Å²) in [5, 5.41) is 8.00. The molecule has 3 N–H and O–H groups in total. The van der Waals surface area contributed by atoms with Gasteiger partial charge >= 0.3 is 0 Å². The zero-order valence-corrected chi connectivity index (χ0v) is 23.5. The Hall–Kier alpha value is -4.74. The minimum Gasteiger partial charge on any atom is -0.438 e. The highest BCUT2D eigenvalue weighted by Gasteiger charge is 2.22. The molecule has 0 fully saturated rings. The Labute approximate surface area is 241 Å². The minimum absolute atomic E-state index is 0.556. The molecule has 0 bridgehead atoms. The Morgan fingerprint density at radius 1 is 1.05 bits per heavy atom. The van der Waals surface area contributed by atoms with Crippen LogP contribution in [-0.4, -0.2) is 39.0 Å². The van der Waals surface area contributed by atoms with Crippen LogP contribution in [0.1, 0.15) is 23.8 Å². The van der Waals surface area contributed by atoms with E-state index < -0.39 is 0 Å². The van der Waals surface area contributed by atoms with E-state index in [0.29, 0.717) is 23.5 Å². The Balaban J connectivity index is 1.35. The van der Waals surface area contributed by atoms with E-state index >= 15 is 0 Å². The van der Waals surface area contributed by atoms with Gasteiger partial charge in [0.1, 0.15) is 15.4 Å². The molecule has 0 radical (unpaired) electrons. The molecule has 11 heteroatoms. The number of hydrogen-bond donors (Lipinski definition) is 2. The van der Waals surface area contributed by atoms with Crippen LogP contribution in [0.5, 0.6) is 0 Å². The van der Waals surface area contributed by atoms with Gasteiger partial charge in [0.25, 0.3) is 0 Å². The topological polar surface area (TPSA) is 127 Å². The van der Waals surface area contributed by atoms with Crippen molar-refractivity contribution in [2.24, 2.45) is 9.98 Å². The minimum atomic E-state index is 0.556. The second-order valence-corrected chi connectivity index (χ2v) is 11.8. The molecule has 0 spiro atoms. The molecule has 0 saturated heterocycles. The molecule has 200 valence electrons. The third-order valence-electron chi connectivity index (χ3n) is 7.25. The van der Waals surface area contributed by atoms with E-state index in [-0.39, 0.29) is 0 Å². The summed E-state index contributed by atoms with van der Waals surface area (Å²) in [4.78, 5) is 29.7. The van der Waals surface area contributed by atoms with Gasteiger partial charge in [0.05, 0.1) is 33.4 Å². The summed E-state index contributed by atoms with van der Waals surface area (Å²) in [6.45, 7) is 3.58. The zero-order valence-electron chi connectivity index (χ0n) is 21.9. The third-order valence-corrected chi connectivity index (χ3v) is 9.49. The fraction of sp³-hybridized carbons (Fsp3) is 0.133. The lowest BCUT2D eigenvalue weighted by Gasteiger charge is -2.09. The first-order valence-electron chi connectivity index (χ1n) is 13.2. The molecule has 7 aromatic heterocycles. The number of pyridine rings is 4. The summed E-state index contributed by atoms with van der Waals surface area (Å²) < 4.78 is 7.24. The molecule has 0 amide bonds. The first-order valence-corrected chi connectivity index (χ1v) is 14.8. The second kappa shape index (κ2) is 9.43. The van der Waals surface area contributed by atoms with Gasteiger partial charge in [-0.15, -0.1) is 11.3 Å². The highest BCUT2D eigenvalue weighted by atomic mass is 32.1. The van der Waals surface area contributed by atoms with Crippen LogP contribution in [0.25, 0.3) is 64.8 Å². The maximum atomic E-state index is 6.53. The van der Waals surface area contributed by atoms with E-state index in [1.165, 1.54) is 0 Å².